The number of hydrogen-bond donors (Lipinski definition) is 2. The number of pyridine rings is 1. The average Bonchev–Trinajstić information content (AvgIpc) is 2.53. The fourth-order valence-electron chi connectivity index (χ4n) is 2.09. The highest BCUT2D eigenvalue weighted by Crippen LogP contribution is 2.12. The van der Waals surface area contributed by atoms with Crippen molar-refractivity contribution in [2.24, 2.45) is 7.05 Å². The highest BCUT2D eigenvalue weighted by Gasteiger charge is 2.09. The Balaban J connectivity index is 2.02. The molecule has 0 unspecified atom stereocenters. The summed E-state index contributed by atoms with van der Waals surface area (Å²) < 4.78 is 1.66. The van der Waals surface area contributed by atoms with Gasteiger partial charge in [-0.1, -0.05) is 0 Å². The van der Waals surface area contributed by atoms with Crippen LogP contribution in [0.5, 0.6) is 0 Å². The number of H-pyrrole nitrogens is 1. The zero-order valence-corrected chi connectivity index (χ0v) is 12.5. The number of benzene rings is 1. The van der Waals surface area contributed by atoms with E-state index in [0.717, 1.165) is 0 Å². The number of nitrogens with zero attached hydrogens (tertiary/aromatic N) is 2. The van der Waals surface area contributed by atoms with Crippen LogP contribution in [-0.4, -0.2) is 20.4 Å². The van der Waals surface area contributed by atoms with Gasteiger partial charge in [-0.15, -0.1) is 0 Å². The van der Waals surface area contributed by atoms with Gasteiger partial charge in [0, 0.05) is 18.8 Å². The first-order valence-corrected chi connectivity index (χ1v) is 6.91. The lowest BCUT2D eigenvalue weighted by atomic mass is 10.1. The van der Waals surface area contributed by atoms with Crippen molar-refractivity contribution >= 4 is 34.7 Å². The molecule has 2 heterocycles. The molecule has 0 fully saturated rings. The van der Waals surface area contributed by atoms with Gasteiger partial charge in [0.15, 0.2) is 4.77 Å². The smallest absolute Gasteiger partial charge is 0.261 e. The quantitative estimate of drug-likeness (QED) is 0.711. The van der Waals surface area contributed by atoms with Gasteiger partial charge in [-0.05, 0) is 42.5 Å². The predicted molar refractivity (Wildman–Crippen MR) is 86.6 cm³/mol. The first kappa shape index (κ1) is 14.2. The molecular weight excluding hydrogens is 300 g/mol. The van der Waals surface area contributed by atoms with Crippen LogP contribution in [0.4, 0.5) is 5.69 Å². The van der Waals surface area contributed by atoms with Crippen LogP contribution in [0.3, 0.4) is 0 Å². The highest BCUT2D eigenvalue weighted by molar-refractivity contribution is 7.71. The molecule has 2 aromatic heterocycles. The van der Waals surface area contributed by atoms with Crippen molar-refractivity contribution in [2.75, 3.05) is 5.32 Å². The van der Waals surface area contributed by atoms with E-state index >= 15 is 0 Å². The van der Waals surface area contributed by atoms with Crippen molar-refractivity contribution in [3.05, 3.63) is 63.4 Å². The zero-order chi connectivity index (χ0) is 15.7. The first-order chi connectivity index (χ1) is 10.6. The molecule has 3 aromatic rings. The van der Waals surface area contributed by atoms with Gasteiger partial charge in [-0.3, -0.25) is 19.1 Å². The Morgan fingerprint density at radius 3 is 2.91 bits per heavy atom. The summed E-state index contributed by atoms with van der Waals surface area (Å²) >= 11 is 5.08. The largest absolute Gasteiger partial charge is 0.332 e. The van der Waals surface area contributed by atoms with E-state index in [0.29, 0.717) is 26.9 Å². The minimum Gasteiger partial charge on any atom is -0.332 e. The topological polar surface area (TPSA) is 79.8 Å². The van der Waals surface area contributed by atoms with Gasteiger partial charge < -0.3 is 10.3 Å². The van der Waals surface area contributed by atoms with Gasteiger partial charge in [-0.25, -0.2) is 0 Å². The fraction of sp³-hybridized carbons (Fsp3) is 0.0667. The highest BCUT2D eigenvalue weighted by atomic mass is 32.1. The summed E-state index contributed by atoms with van der Waals surface area (Å²) in [5, 5.41) is 3.22. The van der Waals surface area contributed by atoms with Crippen molar-refractivity contribution in [3.63, 3.8) is 0 Å². The van der Waals surface area contributed by atoms with E-state index in [1.165, 1.54) is 4.57 Å². The molecule has 0 saturated carbocycles. The van der Waals surface area contributed by atoms with Crippen LogP contribution >= 0.6 is 12.2 Å². The monoisotopic (exact) mass is 312 g/mol. The van der Waals surface area contributed by atoms with Gasteiger partial charge in [0.25, 0.3) is 11.5 Å². The molecule has 0 atom stereocenters. The molecule has 0 saturated heterocycles. The number of carbonyl (C=O) groups is 1. The van der Waals surface area contributed by atoms with Crippen molar-refractivity contribution in [1.82, 2.24) is 14.5 Å². The van der Waals surface area contributed by atoms with E-state index in [1.807, 2.05) is 0 Å². The van der Waals surface area contributed by atoms with Gasteiger partial charge >= 0.3 is 0 Å². The van der Waals surface area contributed by atoms with E-state index in [2.05, 4.69) is 15.3 Å². The van der Waals surface area contributed by atoms with E-state index < -0.39 is 0 Å². The summed E-state index contributed by atoms with van der Waals surface area (Å²) in [4.78, 5) is 31.2. The zero-order valence-electron chi connectivity index (χ0n) is 11.7. The summed E-state index contributed by atoms with van der Waals surface area (Å²) in [6.07, 6.45) is 3.18. The lowest BCUT2D eigenvalue weighted by Gasteiger charge is -2.07. The maximum Gasteiger partial charge on any atom is 0.261 e. The molecular formula is C15H12N4O2S. The second-order valence-corrected chi connectivity index (χ2v) is 5.14. The number of fused-ring (bicyclic) bond motifs is 1. The van der Waals surface area contributed by atoms with Gasteiger partial charge in [-0.2, -0.15) is 0 Å². The molecule has 1 aromatic carbocycles. The minimum atomic E-state index is -0.283. The molecule has 22 heavy (non-hydrogen) atoms. The minimum absolute atomic E-state index is 0.196. The van der Waals surface area contributed by atoms with E-state index in [1.54, 1.807) is 49.8 Å². The van der Waals surface area contributed by atoms with Crippen molar-refractivity contribution in [1.29, 1.82) is 0 Å². The molecule has 0 spiro atoms. The lowest BCUT2D eigenvalue weighted by Crippen LogP contribution is -2.19. The number of aromatic amines is 1. The van der Waals surface area contributed by atoms with Crippen molar-refractivity contribution in [2.45, 2.75) is 0 Å². The third kappa shape index (κ3) is 2.53. The first-order valence-electron chi connectivity index (χ1n) is 6.51. The second-order valence-electron chi connectivity index (χ2n) is 4.75. The van der Waals surface area contributed by atoms with E-state index in [4.69, 9.17) is 12.2 Å². The van der Waals surface area contributed by atoms with Crippen LogP contribution in [-0.2, 0) is 7.05 Å². The third-order valence-corrected chi connectivity index (χ3v) is 3.66. The van der Waals surface area contributed by atoms with Gasteiger partial charge in [0.2, 0.25) is 0 Å². The molecule has 0 bridgehead atoms. The predicted octanol–water partition coefficient (Wildman–Crippen LogP) is 2.24. The summed E-state index contributed by atoms with van der Waals surface area (Å²) in [7, 11) is 1.60. The maximum absolute atomic E-state index is 12.2. The van der Waals surface area contributed by atoms with E-state index in [-0.39, 0.29) is 11.5 Å². The molecule has 2 N–H and O–H groups in total. The van der Waals surface area contributed by atoms with Crippen molar-refractivity contribution < 1.29 is 4.79 Å². The second kappa shape index (κ2) is 5.53. The third-order valence-electron chi connectivity index (χ3n) is 3.28. The number of carbonyl (C=O) groups excluding carboxylic acids is 1. The maximum atomic E-state index is 12.2. The lowest BCUT2D eigenvalue weighted by molar-refractivity contribution is 0.102. The van der Waals surface area contributed by atoms with E-state index in [9.17, 15) is 9.59 Å². The molecule has 0 radical (unpaired) electrons. The van der Waals surface area contributed by atoms with Crippen LogP contribution in [0, 0.1) is 4.77 Å². The molecule has 3 rings (SSSR count). The molecule has 1 amide bonds. The van der Waals surface area contributed by atoms with Gasteiger partial charge in [0.1, 0.15) is 0 Å². The Kier molecular flexibility index (Phi) is 3.56. The Hall–Kier alpha value is -2.80. The Bertz CT molecular complexity index is 976. The summed E-state index contributed by atoms with van der Waals surface area (Å²) in [6, 6.07) is 8.30. The Morgan fingerprint density at radius 1 is 1.36 bits per heavy atom. The molecule has 0 aliphatic rings. The fourth-order valence-corrected chi connectivity index (χ4v) is 2.28. The standard InChI is InChI=1S/C15H12N4O2S/c1-19-14(21)11-5-4-9(7-12(11)18-15(19)22)13(20)17-10-3-2-6-16-8-10/h2-8H,1H3,(H,17,20)(H,18,22). The normalized spacial score (nSPS) is 10.6. The van der Waals surface area contributed by atoms with Gasteiger partial charge in [0.05, 0.1) is 22.8 Å². The average molecular weight is 312 g/mol. The summed E-state index contributed by atoms with van der Waals surface area (Å²) in [6.45, 7) is 0. The summed E-state index contributed by atoms with van der Waals surface area (Å²) in [5.41, 5.74) is 1.37. The van der Waals surface area contributed by atoms with Crippen molar-refractivity contribution in [3.8, 4) is 0 Å². The molecule has 110 valence electrons. The SMILES string of the molecule is Cn1c(=S)[nH]c2cc(C(=O)Nc3cccnc3)ccc2c1=O. The molecule has 0 aliphatic carbocycles. The number of aromatic nitrogens is 3. The van der Waals surface area contributed by atoms with Crippen LogP contribution < -0.4 is 10.9 Å². The number of anilines is 1. The number of hydrogen-bond acceptors (Lipinski definition) is 4. The summed E-state index contributed by atoms with van der Waals surface area (Å²) in [5.74, 6) is -0.283. The molecule has 7 heteroatoms. The number of amides is 1. The van der Waals surface area contributed by atoms with Crippen LogP contribution in [0.25, 0.3) is 10.9 Å². The van der Waals surface area contributed by atoms with Crippen LogP contribution in [0.1, 0.15) is 10.4 Å². The molecule has 6 nitrogen and oxygen atoms in total. The van der Waals surface area contributed by atoms with Crippen LogP contribution in [0.2, 0.25) is 0 Å². The number of rotatable bonds is 2. The van der Waals surface area contributed by atoms with Crippen LogP contribution in [0.15, 0.2) is 47.5 Å². The molecule has 0 aliphatic heterocycles. The number of nitrogens with one attached hydrogen (secondary N) is 2. The Morgan fingerprint density at radius 2 is 2.18 bits per heavy atom. The Labute approximate surface area is 130 Å².